The van der Waals surface area contributed by atoms with Crippen LogP contribution in [0.15, 0.2) is 24.3 Å². The third kappa shape index (κ3) is 2.88. The summed E-state index contributed by atoms with van der Waals surface area (Å²) >= 11 is 5.91. The number of halogens is 2. The Kier molecular flexibility index (Phi) is 3.90. The zero-order valence-corrected chi connectivity index (χ0v) is 11.8. The normalized spacial score (nSPS) is 10.4. The van der Waals surface area contributed by atoms with Gasteiger partial charge in [-0.2, -0.15) is 0 Å². The smallest absolute Gasteiger partial charge is 0.230 e. The number of pyridine rings is 1. The van der Waals surface area contributed by atoms with Crippen molar-refractivity contribution in [3.8, 4) is 11.6 Å². The third-order valence-corrected chi connectivity index (χ3v) is 2.98. The van der Waals surface area contributed by atoms with Gasteiger partial charge in [0.1, 0.15) is 17.4 Å². The van der Waals surface area contributed by atoms with Gasteiger partial charge in [-0.15, -0.1) is 0 Å². The Balaban J connectivity index is 2.50. The molecule has 20 heavy (non-hydrogen) atoms. The molecule has 104 valence electrons. The summed E-state index contributed by atoms with van der Waals surface area (Å²) in [5.41, 5.74) is 7.45. The van der Waals surface area contributed by atoms with E-state index in [4.69, 9.17) is 27.5 Å². The van der Waals surface area contributed by atoms with Gasteiger partial charge in [-0.05, 0) is 43.7 Å². The number of nitrogens with two attached hydrogens (primary N) is 1. The van der Waals surface area contributed by atoms with Crippen molar-refractivity contribution < 1.29 is 9.13 Å². The lowest BCUT2D eigenvalue weighted by molar-refractivity contribution is 0.458. The third-order valence-electron chi connectivity index (χ3n) is 2.68. The number of amidine groups is 1. The molecule has 0 spiro atoms. The lowest BCUT2D eigenvalue weighted by Crippen LogP contribution is -2.15. The second kappa shape index (κ2) is 5.46. The highest BCUT2D eigenvalue weighted by molar-refractivity contribution is 6.32. The van der Waals surface area contributed by atoms with E-state index in [1.54, 1.807) is 13.0 Å². The molecule has 6 heteroatoms. The van der Waals surface area contributed by atoms with E-state index >= 15 is 0 Å². The molecule has 0 saturated carbocycles. The average molecular weight is 294 g/mol. The first-order valence-electron chi connectivity index (χ1n) is 5.84. The fourth-order valence-electron chi connectivity index (χ4n) is 1.87. The van der Waals surface area contributed by atoms with Gasteiger partial charge < -0.3 is 10.5 Å². The molecule has 1 aromatic carbocycles. The molecule has 0 aliphatic rings. The van der Waals surface area contributed by atoms with E-state index in [1.807, 2.05) is 6.92 Å². The van der Waals surface area contributed by atoms with E-state index in [-0.39, 0.29) is 22.5 Å². The predicted octanol–water partition coefficient (Wildman–Crippen LogP) is 3.57. The molecular formula is C14H13ClFN3O. The van der Waals surface area contributed by atoms with Crippen molar-refractivity contribution in [2.75, 3.05) is 0 Å². The molecule has 0 bridgehead atoms. The summed E-state index contributed by atoms with van der Waals surface area (Å²) in [6.07, 6.45) is 0. The van der Waals surface area contributed by atoms with Crippen LogP contribution in [-0.4, -0.2) is 10.8 Å². The number of aromatic nitrogens is 1. The van der Waals surface area contributed by atoms with Crippen molar-refractivity contribution in [2.45, 2.75) is 13.8 Å². The standard InChI is InChI=1S/C14H13ClFN3O/c1-7-5-8(2)19-14(12(7)13(17)18)20-11-4-3-9(16)6-10(11)15/h3-6H,1-2H3,(H3,17,18). The Labute approximate surface area is 120 Å². The molecule has 0 aliphatic heterocycles. The maximum atomic E-state index is 13.0. The highest BCUT2D eigenvalue weighted by Gasteiger charge is 2.15. The highest BCUT2D eigenvalue weighted by atomic mass is 35.5. The van der Waals surface area contributed by atoms with Gasteiger partial charge in [0.15, 0.2) is 0 Å². The molecule has 0 fully saturated rings. The summed E-state index contributed by atoms with van der Waals surface area (Å²) < 4.78 is 18.6. The maximum absolute atomic E-state index is 13.0. The second-order valence-corrected chi connectivity index (χ2v) is 4.76. The monoisotopic (exact) mass is 293 g/mol. The summed E-state index contributed by atoms with van der Waals surface area (Å²) in [4.78, 5) is 4.22. The van der Waals surface area contributed by atoms with Crippen molar-refractivity contribution in [2.24, 2.45) is 5.73 Å². The number of rotatable bonds is 3. The first-order chi connectivity index (χ1) is 9.38. The average Bonchev–Trinajstić information content (AvgIpc) is 2.31. The number of hydrogen-bond donors (Lipinski definition) is 2. The van der Waals surface area contributed by atoms with Crippen LogP contribution in [0.2, 0.25) is 5.02 Å². The molecule has 1 aromatic heterocycles. The summed E-state index contributed by atoms with van der Waals surface area (Å²) in [5, 5.41) is 7.73. The molecule has 0 saturated heterocycles. The molecular weight excluding hydrogens is 281 g/mol. The molecule has 0 aliphatic carbocycles. The summed E-state index contributed by atoms with van der Waals surface area (Å²) in [6.45, 7) is 3.61. The van der Waals surface area contributed by atoms with Gasteiger partial charge in [0.25, 0.3) is 0 Å². The lowest BCUT2D eigenvalue weighted by atomic mass is 10.1. The molecule has 4 nitrogen and oxygen atoms in total. The van der Waals surface area contributed by atoms with Gasteiger partial charge in [0, 0.05) is 5.69 Å². The molecule has 0 unspecified atom stereocenters. The van der Waals surface area contributed by atoms with Crippen LogP contribution in [0, 0.1) is 25.1 Å². The summed E-state index contributed by atoms with van der Waals surface area (Å²) in [7, 11) is 0. The number of nitrogen functional groups attached to an aromatic ring is 1. The van der Waals surface area contributed by atoms with E-state index in [0.717, 1.165) is 17.3 Å². The van der Waals surface area contributed by atoms with Crippen LogP contribution in [0.1, 0.15) is 16.8 Å². The van der Waals surface area contributed by atoms with E-state index < -0.39 is 5.82 Å². The second-order valence-electron chi connectivity index (χ2n) is 4.35. The Morgan fingerprint density at radius 1 is 1.35 bits per heavy atom. The highest BCUT2D eigenvalue weighted by Crippen LogP contribution is 2.31. The molecule has 3 N–H and O–H groups in total. The van der Waals surface area contributed by atoms with Gasteiger partial charge in [0.2, 0.25) is 5.88 Å². The minimum atomic E-state index is -0.456. The molecule has 0 radical (unpaired) electrons. The predicted molar refractivity (Wildman–Crippen MR) is 76.2 cm³/mol. The van der Waals surface area contributed by atoms with Crippen molar-refractivity contribution in [1.82, 2.24) is 4.98 Å². The zero-order chi connectivity index (χ0) is 14.9. The summed E-state index contributed by atoms with van der Waals surface area (Å²) in [5.74, 6) is -0.165. The van der Waals surface area contributed by atoms with E-state index in [2.05, 4.69) is 4.98 Å². The largest absolute Gasteiger partial charge is 0.437 e. The van der Waals surface area contributed by atoms with Crippen LogP contribution in [0.4, 0.5) is 4.39 Å². The van der Waals surface area contributed by atoms with Gasteiger partial charge >= 0.3 is 0 Å². The van der Waals surface area contributed by atoms with Gasteiger partial charge in [-0.3, -0.25) is 5.41 Å². The van der Waals surface area contributed by atoms with Crippen molar-refractivity contribution in [3.05, 3.63) is 51.9 Å². The Morgan fingerprint density at radius 3 is 2.65 bits per heavy atom. The first kappa shape index (κ1) is 14.3. The number of benzene rings is 1. The van der Waals surface area contributed by atoms with Crippen LogP contribution < -0.4 is 10.5 Å². The van der Waals surface area contributed by atoms with Crippen molar-refractivity contribution in [3.63, 3.8) is 0 Å². The molecule has 1 heterocycles. The number of hydrogen-bond acceptors (Lipinski definition) is 3. The minimum absolute atomic E-state index is 0.125. The fraction of sp³-hybridized carbons (Fsp3) is 0.143. The molecule has 0 amide bonds. The van der Waals surface area contributed by atoms with E-state index in [9.17, 15) is 4.39 Å². The quantitative estimate of drug-likeness (QED) is 0.671. The van der Waals surface area contributed by atoms with E-state index in [0.29, 0.717) is 5.56 Å². The lowest BCUT2D eigenvalue weighted by Gasteiger charge is -2.13. The zero-order valence-electron chi connectivity index (χ0n) is 11.0. The number of nitrogens with one attached hydrogen (secondary N) is 1. The Bertz CT molecular complexity index is 688. The molecule has 2 rings (SSSR count). The fourth-order valence-corrected chi connectivity index (χ4v) is 2.07. The Morgan fingerprint density at radius 2 is 2.05 bits per heavy atom. The van der Waals surface area contributed by atoms with Crippen LogP contribution in [0.3, 0.4) is 0 Å². The number of nitrogens with zero attached hydrogens (tertiary/aromatic N) is 1. The van der Waals surface area contributed by atoms with Gasteiger partial charge in [-0.1, -0.05) is 11.6 Å². The van der Waals surface area contributed by atoms with Crippen molar-refractivity contribution in [1.29, 1.82) is 5.41 Å². The first-order valence-corrected chi connectivity index (χ1v) is 6.22. The molecule has 0 atom stereocenters. The van der Waals surface area contributed by atoms with Crippen molar-refractivity contribution >= 4 is 17.4 Å². The van der Waals surface area contributed by atoms with Gasteiger partial charge in [-0.25, -0.2) is 9.37 Å². The van der Waals surface area contributed by atoms with Crippen LogP contribution in [0.25, 0.3) is 0 Å². The maximum Gasteiger partial charge on any atom is 0.230 e. The van der Waals surface area contributed by atoms with Crippen LogP contribution in [0.5, 0.6) is 11.6 Å². The van der Waals surface area contributed by atoms with Crippen LogP contribution >= 0.6 is 11.6 Å². The number of ether oxygens (including phenoxy) is 1. The van der Waals surface area contributed by atoms with Gasteiger partial charge in [0.05, 0.1) is 10.6 Å². The minimum Gasteiger partial charge on any atom is -0.437 e. The van der Waals surface area contributed by atoms with E-state index in [1.165, 1.54) is 12.1 Å². The Hall–Kier alpha value is -2.14. The summed E-state index contributed by atoms with van der Waals surface area (Å²) in [6, 6.07) is 5.58. The SMILES string of the molecule is Cc1cc(C)c(C(=N)N)c(Oc2ccc(F)cc2Cl)n1. The van der Waals surface area contributed by atoms with Crippen LogP contribution in [-0.2, 0) is 0 Å². The topological polar surface area (TPSA) is 72.0 Å². The number of aryl methyl sites for hydroxylation is 2. The molecule has 2 aromatic rings.